The summed E-state index contributed by atoms with van der Waals surface area (Å²) in [5.74, 6) is 6.23. The number of carbonyl (C=O) groups is 2. The van der Waals surface area contributed by atoms with Gasteiger partial charge in [-0.25, -0.2) is 9.97 Å². The summed E-state index contributed by atoms with van der Waals surface area (Å²) in [7, 11) is 0. The Morgan fingerprint density at radius 3 is 2.76 bits per heavy atom. The van der Waals surface area contributed by atoms with E-state index in [0.717, 1.165) is 10.9 Å². The van der Waals surface area contributed by atoms with Crippen LogP contribution in [0.5, 0.6) is 11.5 Å². The Bertz CT molecular complexity index is 1430. The van der Waals surface area contributed by atoms with Gasteiger partial charge >= 0.3 is 0 Å². The fourth-order valence-electron chi connectivity index (χ4n) is 2.96. The number of benzene rings is 2. The maximum Gasteiger partial charge on any atom is 0.287 e. The molecule has 9 heteroatoms. The molecule has 0 spiro atoms. The molecule has 0 saturated carbocycles. The third-order valence-electron chi connectivity index (χ3n) is 4.58. The lowest BCUT2D eigenvalue weighted by Gasteiger charge is -2.11. The second-order valence-electron chi connectivity index (χ2n) is 7.06. The van der Waals surface area contributed by atoms with Crippen LogP contribution in [0.1, 0.15) is 12.5 Å². The lowest BCUT2D eigenvalue weighted by atomic mass is 10.1. The normalized spacial score (nSPS) is 10.2. The van der Waals surface area contributed by atoms with Gasteiger partial charge in [0.05, 0.1) is 23.3 Å². The predicted octanol–water partition coefficient (Wildman–Crippen LogP) is 4.27. The summed E-state index contributed by atoms with van der Waals surface area (Å²) >= 11 is 6.41. The minimum Gasteiger partial charge on any atom is -0.454 e. The number of rotatable bonds is 6. The summed E-state index contributed by atoms with van der Waals surface area (Å²) in [5, 5.41) is 6.87. The average molecular weight is 472 g/mol. The molecule has 2 N–H and O–H groups in total. The molecule has 2 aromatic heterocycles. The van der Waals surface area contributed by atoms with Crippen molar-refractivity contribution in [3.63, 3.8) is 0 Å². The third-order valence-corrected chi connectivity index (χ3v) is 4.88. The predicted molar refractivity (Wildman–Crippen MR) is 129 cm³/mol. The quantitative estimate of drug-likeness (QED) is 0.319. The molecule has 0 aliphatic rings. The fraction of sp³-hybridized carbons (Fsp3) is 0.0800. The van der Waals surface area contributed by atoms with Crippen molar-refractivity contribution in [1.82, 2.24) is 20.3 Å². The maximum atomic E-state index is 11.3. The van der Waals surface area contributed by atoms with Gasteiger partial charge in [0.1, 0.15) is 23.6 Å². The largest absolute Gasteiger partial charge is 0.454 e. The molecule has 0 unspecified atom stereocenters. The number of nitrogens with one attached hydrogen (secondary N) is 2. The molecule has 34 heavy (non-hydrogen) atoms. The highest BCUT2D eigenvalue weighted by Gasteiger charge is 2.09. The Morgan fingerprint density at radius 1 is 1.12 bits per heavy atom. The van der Waals surface area contributed by atoms with Crippen LogP contribution in [0, 0.1) is 11.8 Å². The van der Waals surface area contributed by atoms with Gasteiger partial charge in [0.2, 0.25) is 5.78 Å². The van der Waals surface area contributed by atoms with Gasteiger partial charge in [0.25, 0.3) is 5.91 Å². The van der Waals surface area contributed by atoms with Crippen molar-refractivity contribution < 1.29 is 14.3 Å². The molecule has 0 bridgehead atoms. The van der Waals surface area contributed by atoms with E-state index < -0.39 is 11.7 Å². The van der Waals surface area contributed by atoms with Crippen molar-refractivity contribution in [2.45, 2.75) is 6.92 Å². The van der Waals surface area contributed by atoms with Crippen LogP contribution in [0.25, 0.3) is 10.9 Å². The number of hydrogen-bond acceptors (Lipinski definition) is 7. The second kappa shape index (κ2) is 10.4. The van der Waals surface area contributed by atoms with Crippen molar-refractivity contribution in [3.05, 3.63) is 77.8 Å². The van der Waals surface area contributed by atoms with Crippen LogP contribution >= 0.6 is 11.6 Å². The average Bonchev–Trinajstić information content (AvgIpc) is 2.84. The summed E-state index contributed by atoms with van der Waals surface area (Å²) < 4.78 is 5.77. The van der Waals surface area contributed by atoms with Gasteiger partial charge in [0.15, 0.2) is 0 Å². The number of pyridine rings is 1. The maximum absolute atomic E-state index is 11.3. The van der Waals surface area contributed by atoms with E-state index in [1.54, 1.807) is 36.7 Å². The number of aromatic nitrogens is 3. The summed E-state index contributed by atoms with van der Waals surface area (Å²) in [5.41, 5.74) is 2.16. The van der Waals surface area contributed by atoms with Gasteiger partial charge in [-0.2, -0.15) is 0 Å². The van der Waals surface area contributed by atoms with Crippen molar-refractivity contribution in [3.8, 4) is 23.3 Å². The van der Waals surface area contributed by atoms with Crippen molar-refractivity contribution in [2.75, 3.05) is 11.9 Å². The third kappa shape index (κ3) is 5.65. The first-order chi connectivity index (χ1) is 16.5. The SMILES string of the molecule is CC(=O)C(=O)NCC#Cc1ccc2ncnc(Nc3ccc(Oc4cccnc4)c(Cl)c3)c2c1. The van der Waals surface area contributed by atoms with Gasteiger partial charge in [-0.15, -0.1) is 0 Å². The summed E-state index contributed by atoms with van der Waals surface area (Å²) in [4.78, 5) is 34.9. The van der Waals surface area contributed by atoms with Crippen LogP contribution in [0.3, 0.4) is 0 Å². The molecular weight excluding hydrogens is 454 g/mol. The molecule has 2 heterocycles. The Labute approximate surface area is 200 Å². The Balaban J connectivity index is 1.53. The molecule has 0 radical (unpaired) electrons. The summed E-state index contributed by atoms with van der Waals surface area (Å²) in [6.45, 7) is 1.27. The molecule has 0 aliphatic carbocycles. The topological polar surface area (TPSA) is 106 Å². The van der Waals surface area contributed by atoms with Gasteiger partial charge < -0.3 is 15.4 Å². The molecule has 0 fully saturated rings. The van der Waals surface area contributed by atoms with Crippen molar-refractivity contribution in [2.24, 2.45) is 0 Å². The molecule has 0 atom stereocenters. The molecule has 2 aromatic carbocycles. The highest BCUT2D eigenvalue weighted by Crippen LogP contribution is 2.33. The number of hydrogen-bond donors (Lipinski definition) is 2. The highest BCUT2D eigenvalue weighted by molar-refractivity contribution is 6.35. The monoisotopic (exact) mass is 471 g/mol. The smallest absolute Gasteiger partial charge is 0.287 e. The first-order valence-corrected chi connectivity index (χ1v) is 10.5. The first kappa shape index (κ1) is 22.7. The van der Waals surface area contributed by atoms with Crippen LogP contribution < -0.4 is 15.4 Å². The zero-order chi connectivity index (χ0) is 23.9. The van der Waals surface area contributed by atoms with Crippen LogP contribution in [0.2, 0.25) is 5.02 Å². The molecule has 0 aliphatic heterocycles. The summed E-state index contributed by atoms with van der Waals surface area (Å²) in [6, 6.07) is 14.4. The minimum absolute atomic E-state index is 0.0683. The molecule has 0 saturated heterocycles. The number of carbonyl (C=O) groups excluding carboxylic acids is 2. The van der Waals surface area contributed by atoms with Crippen LogP contribution in [0.4, 0.5) is 11.5 Å². The molecule has 168 valence electrons. The van der Waals surface area contributed by atoms with Crippen molar-refractivity contribution >= 4 is 45.7 Å². The van der Waals surface area contributed by atoms with Gasteiger partial charge in [-0.3, -0.25) is 14.6 Å². The van der Waals surface area contributed by atoms with Crippen LogP contribution in [-0.2, 0) is 9.59 Å². The lowest BCUT2D eigenvalue weighted by Crippen LogP contribution is -2.29. The number of ketones is 1. The first-order valence-electron chi connectivity index (χ1n) is 10.2. The number of amides is 1. The number of anilines is 2. The van der Waals surface area contributed by atoms with Crippen LogP contribution in [-0.4, -0.2) is 33.2 Å². The fourth-order valence-corrected chi connectivity index (χ4v) is 3.18. The Morgan fingerprint density at radius 2 is 2.00 bits per heavy atom. The number of fused-ring (bicyclic) bond motifs is 1. The number of Topliss-reactive ketones (excluding diaryl/α,β-unsaturated/α-hetero) is 1. The lowest BCUT2D eigenvalue weighted by molar-refractivity contribution is -0.136. The minimum atomic E-state index is -0.664. The Kier molecular flexibility index (Phi) is 6.96. The van der Waals surface area contributed by atoms with E-state index >= 15 is 0 Å². The zero-order valence-corrected chi connectivity index (χ0v) is 18.8. The van der Waals surface area contributed by atoms with E-state index in [1.165, 1.54) is 13.3 Å². The number of halogens is 1. The van der Waals surface area contributed by atoms with Gasteiger partial charge in [0, 0.05) is 29.8 Å². The molecule has 1 amide bonds. The highest BCUT2D eigenvalue weighted by atomic mass is 35.5. The zero-order valence-electron chi connectivity index (χ0n) is 18.0. The van der Waals surface area contributed by atoms with E-state index in [1.807, 2.05) is 24.3 Å². The molecule has 4 aromatic rings. The van der Waals surface area contributed by atoms with Crippen LogP contribution in [0.15, 0.2) is 67.3 Å². The molecular formula is C25H18ClN5O3. The second-order valence-corrected chi connectivity index (χ2v) is 7.46. The molecule has 4 rings (SSSR count). The number of nitrogens with zero attached hydrogens (tertiary/aromatic N) is 3. The standard InChI is InChI=1S/C25H18ClN5O3/c1-16(32)25(33)28-11-2-4-17-6-8-22-20(12-17)24(30-15-29-22)31-18-7-9-23(21(26)13-18)34-19-5-3-10-27-14-19/h3,5-10,12-15H,11H2,1H3,(H,28,33)(H,29,30,31). The van der Waals surface area contributed by atoms with E-state index in [2.05, 4.69) is 37.4 Å². The van der Waals surface area contributed by atoms with E-state index in [-0.39, 0.29) is 6.54 Å². The van der Waals surface area contributed by atoms with Gasteiger partial charge in [-0.05, 0) is 48.5 Å². The van der Waals surface area contributed by atoms with E-state index in [4.69, 9.17) is 16.3 Å². The van der Waals surface area contributed by atoms with Gasteiger partial charge in [-0.1, -0.05) is 23.4 Å². The van der Waals surface area contributed by atoms with Crippen molar-refractivity contribution in [1.29, 1.82) is 0 Å². The molecule has 8 nitrogen and oxygen atoms in total. The number of ether oxygens (including phenoxy) is 1. The summed E-state index contributed by atoms with van der Waals surface area (Å²) in [6.07, 6.45) is 4.74. The van der Waals surface area contributed by atoms with E-state index in [0.29, 0.717) is 33.6 Å². The Hall–Kier alpha value is -4.48. The van der Waals surface area contributed by atoms with E-state index in [9.17, 15) is 9.59 Å².